The number of anilines is 1. The molecule has 2 rings (SSSR count). The molecule has 1 fully saturated rings. The van der Waals surface area contributed by atoms with E-state index in [-0.39, 0.29) is 0 Å². The molecule has 1 saturated heterocycles. The minimum absolute atomic E-state index is 0.681. The number of hydrogen-bond acceptors (Lipinski definition) is 5. The fourth-order valence-electron chi connectivity index (χ4n) is 2.00. The van der Waals surface area contributed by atoms with Crippen LogP contribution in [0.5, 0.6) is 0 Å². The summed E-state index contributed by atoms with van der Waals surface area (Å²) in [7, 11) is 0. The van der Waals surface area contributed by atoms with E-state index in [0.717, 1.165) is 50.0 Å². The van der Waals surface area contributed by atoms with Gasteiger partial charge in [0, 0.05) is 13.1 Å². The van der Waals surface area contributed by atoms with E-state index in [9.17, 15) is 0 Å². The van der Waals surface area contributed by atoms with Gasteiger partial charge in [-0.15, -0.1) is 5.10 Å². The summed E-state index contributed by atoms with van der Waals surface area (Å²) in [6.07, 6.45) is 4.38. The molecule has 0 amide bonds. The second-order valence-electron chi connectivity index (χ2n) is 4.18. The van der Waals surface area contributed by atoms with Gasteiger partial charge in [-0.3, -0.25) is 5.10 Å². The highest BCUT2D eigenvalue weighted by Gasteiger charge is 2.20. The maximum Gasteiger partial charge on any atom is 0.244 e. The molecule has 0 bridgehead atoms. The highest BCUT2D eigenvalue weighted by molar-refractivity contribution is 7.97. The molecule has 5 nitrogen and oxygen atoms in total. The summed E-state index contributed by atoms with van der Waals surface area (Å²) in [6.45, 7) is 2.86. The van der Waals surface area contributed by atoms with Gasteiger partial charge in [-0.05, 0) is 31.6 Å². The molecular weight excluding hydrogens is 222 g/mol. The number of H-pyrrole nitrogens is 1. The molecule has 1 aliphatic rings. The van der Waals surface area contributed by atoms with Gasteiger partial charge in [-0.25, -0.2) is 0 Å². The van der Waals surface area contributed by atoms with Gasteiger partial charge in [0.15, 0.2) is 0 Å². The number of piperidine rings is 1. The second kappa shape index (κ2) is 5.54. The van der Waals surface area contributed by atoms with Crippen LogP contribution in [0.2, 0.25) is 0 Å². The Morgan fingerprint density at radius 2 is 2.25 bits per heavy atom. The first kappa shape index (κ1) is 11.7. The summed E-state index contributed by atoms with van der Waals surface area (Å²) in [4.78, 5) is 6.72. The fourth-order valence-corrected chi connectivity index (χ4v) is 2.40. The van der Waals surface area contributed by atoms with Crippen LogP contribution >= 0.6 is 11.8 Å². The van der Waals surface area contributed by atoms with Crippen molar-refractivity contribution in [3.8, 4) is 0 Å². The van der Waals surface area contributed by atoms with Gasteiger partial charge in [-0.1, -0.05) is 0 Å². The average molecular weight is 241 g/mol. The Hall–Kier alpha value is -0.750. The molecule has 0 saturated carbocycles. The van der Waals surface area contributed by atoms with Crippen molar-refractivity contribution in [1.29, 1.82) is 0 Å². The Kier molecular flexibility index (Phi) is 4.06. The first-order chi connectivity index (χ1) is 7.83. The van der Waals surface area contributed by atoms with E-state index >= 15 is 0 Å². The lowest BCUT2D eigenvalue weighted by Gasteiger charge is -2.30. The van der Waals surface area contributed by atoms with Gasteiger partial charge >= 0.3 is 0 Å². The number of nitrogens with two attached hydrogens (primary N) is 1. The van der Waals surface area contributed by atoms with Gasteiger partial charge < -0.3 is 10.6 Å². The molecule has 1 aliphatic heterocycles. The summed E-state index contributed by atoms with van der Waals surface area (Å²) >= 11 is 1.75. The molecule has 0 radical (unpaired) electrons. The maximum absolute atomic E-state index is 5.67. The Bertz CT molecular complexity index is 319. The smallest absolute Gasteiger partial charge is 0.244 e. The zero-order valence-corrected chi connectivity index (χ0v) is 10.5. The van der Waals surface area contributed by atoms with Crippen LogP contribution in [-0.4, -0.2) is 41.1 Å². The number of rotatable bonds is 4. The fraction of sp³-hybridized carbons (Fsp3) is 0.800. The number of nitrogens with zero attached hydrogens (tertiary/aromatic N) is 3. The van der Waals surface area contributed by atoms with Gasteiger partial charge in [0.25, 0.3) is 0 Å². The van der Waals surface area contributed by atoms with Gasteiger partial charge in [0.2, 0.25) is 5.95 Å². The lowest BCUT2D eigenvalue weighted by molar-refractivity contribution is 0.411. The Morgan fingerprint density at radius 3 is 2.88 bits per heavy atom. The van der Waals surface area contributed by atoms with E-state index < -0.39 is 0 Å². The SMILES string of the molecule is CSCc1nc(N2CCC(CN)CC2)n[nH]1. The van der Waals surface area contributed by atoms with E-state index in [1.807, 2.05) is 0 Å². The van der Waals surface area contributed by atoms with Crippen molar-refractivity contribution in [3.63, 3.8) is 0 Å². The van der Waals surface area contributed by atoms with E-state index in [2.05, 4.69) is 26.3 Å². The van der Waals surface area contributed by atoms with Crippen LogP contribution in [0.15, 0.2) is 0 Å². The van der Waals surface area contributed by atoms with Crippen LogP contribution in [-0.2, 0) is 5.75 Å². The molecule has 1 aromatic rings. The largest absolute Gasteiger partial charge is 0.340 e. The van der Waals surface area contributed by atoms with Gasteiger partial charge in [0.1, 0.15) is 5.82 Å². The maximum atomic E-state index is 5.67. The van der Waals surface area contributed by atoms with Gasteiger partial charge in [0.05, 0.1) is 5.75 Å². The molecule has 2 heterocycles. The van der Waals surface area contributed by atoms with Crippen molar-refractivity contribution in [2.75, 3.05) is 30.8 Å². The monoisotopic (exact) mass is 241 g/mol. The molecule has 0 spiro atoms. The van der Waals surface area contributed by atoms with Crippen molar-refractivity contribution in [2.24, 2.45) is 11.7 Å². The van der Waals surface area contributed by atoms with Crippen LogP contribution in [0, 0.1) is 5.92 Å². The Balaban J connectivity index is 1.92. The zero-order valence-electron chi connectivity index (χ0n) is 9.65. The van der Waals surface area contributed by atoms with Crippen LogP contribution in [0.3, 0.4) is 0 Å². The Labute approximate surface area is 100 Å². The number of aromatic nitrogens is 3. The predicted octanol–water partition coefficient (Wildman–Crippen LogP) is 0.843. The molecule has 0 unspecified atom stereocenters. The second-order valence-corrected chi connectivity index (χ2v) is 5.05. The number of nitrogens with one attached hydrogen (secondary N) is 1. The first-order valence-electron chi connectivity index (χ1n) is 5.68. The summed E-state index contributed by atoms with van der Waals surface area (Å²) in [5.74, 6) is 3.38. The van der Waals surface area contributed by atoms with Crippen molar-refractivity contribution in [2.45, 2.75) is 18.6 Å². The summed E-state index contributed by atoms with van der Waals surface area (Å²) in [5, 5.41) is 7.24. The minimum Gasteiger partial charge on any atom is -0.340 e. The molecule has 16 heavy (non-hydrogen) atoms. The van der Waals surface area contributed by atoms with E-state index in [1.165, 1.54) is 0 Å². The molecule has 6 heteroatoms. The summed E-state index contributed by atoms with van der Waals surface area (Å²) in [5.41, 5.74) is 5.67. The number of hydrogen-bond donors (Lipinski definition) is 2. The van der Waals surface area contributed by atoms with Crippen molar-refractivity contribution in [1.82, 2.24) is 15.2 Å². The topological polar surface area (TPSA) is 70.8 Å². The molecule has 0 aromatic carbocycles. The zero-order chi connectivity index (χ0) is 11.4. The number of thioether (sulfide) groups is 1. The first-order valence-corrected chi connectivity index (χ1v) is 7.08. The summed E-state index contributed by atoms with van der Waals surface area (Å²) in [6, 6.07) is 0. The van der Waals surface area contributed by atoms with Crippen LogP contribution < -0.4 is 10.6 Å². The Morgan fingerprint density at radius 1 is 1.50 bits per heavy atom. The minimum atomic E-state index is 0.681. The standard InChI is InChI=1S/C10H19N5S/c1-16-7-9-12-10(14-13-9)15-4-2-8(6-11)3-5-15/h8H,2-7,11H2,1H3,(H,12,13,14). The number of aromatic amines is 1. The lowest BCUT2D eigenvalue weighted by atomic mass is 9.97. The normalized spacial score (nSPS) is 18.0. The van der Waals surface area contributed by atoms with E-state index in [4.69, 9.17) is 5.73 Å². The third-order valence-corrected chi connectivity index (χ3v) is 3.59. The average Bonchev–Trinajstić information content (AvgIpc) is 2.78. The third kappa shape index (κ3) is 2.68. The van der Waals surface area contributed by atoms with Crippen LogP contribution in [0.1, 0.15) is 18.7 Å². The van der Waals surface area contributed by atoms with Crippen molar-refractivity contribution >= 4 is 17.7 Å². The quantitative estimate of drug-likeness (QED) is 0.817. The molecular formula is C10H19N5S. The summed E-state index contributed by atoms with van der Waals surface area (Å²) < 4.78 is 0. The molecule has 1 aromatic heterocycles. The molecule has 0 atom stereocenters. The van der Waals surface area contributed by atoms with Crippen molar-refractivity contribution < 1.29 is 0 Å². The van der Waals surface area contributed by atoms with Crippen LogP contribution in [0.4, 0.5) is 5.95 Å². The third-order valence-electron chi connectivity index (χ3n) is 3.03. The van der Waals surface area contributed by atoms with Crippen molar-refractivity contribution in [3.05, 3.63) is 5.82 Å². The molecule has 90 valence electrons. The van der Waals surface area contributed by atoms with E-state index in [0.29, 0.717) is 5.92 Å². The van der Waals surface area contributed by atoms with E-state index in [1.54, 1.807) is 11.8 Å². The van der Waals surface area contributed by atoms with Gasteiger partial charge in [-0.2, -0.15) is 16.7 Å². The predicted molar refractivity (Wildman–Crippen MR) is 67.6 cm³/mol. The lowest BCUT2D eigenvalue weighted by Crippen LogP contribution is -2.36. The van der Waals surface area contributed by atoms with Crippen LogP contribution in [0.25, 0.3) is 0 Å². The molecule has 3 N–H and O–H groups in total. The highest BCUT2D eigenvalue weighted by Crippen LogP contribution is 2.20. The molecule has 0 aliphatic carbocycles. The highest BCUT2D eigenvalue weighted by atomic mass is 32.2.